The highest BCUT2D eigenvalue weighted by atomic mass is 35.5. The van der Waals surface area contributed by atoms with Crippen molar-refractivity contribution in [2.45, 2.75) is 6.92 Å². The Kier molecular flexibility index (Phi) is 4.25. The van der Waals surface area contributed by atoms with Gasteiger partial charge in [0.05, 0.1) is 18.1 Å². The fourth-order valence-corrected chi connectivity index (χ4v) is 2.12. The van der Waals surface area contributed by atoms with Crippen molar-refractivity contribution in [2.75, 3.05) is 5.43 Å². The Morgan fingerprint density at radius 3 is 2.74 bits per heavy atom. The van der Waals surface area contributed by atoms with E-state index >= 15 is 0 Å². The summed E-state index contributed by atoms with van der Waals surface area (Å²) in [6.45, 7) is 1.84. The summed E-state index contributed by atoms with van der Waals surface area (Å²) < 4.78 is 6.58. The van der Waals surface area contributed by atoms with E-state index in [1.54, 1.807) is 18.2 Å². The molecule has 0 spiro atoms. The maximum atomic E-state index is 12.3. The normalized spacial score (nSPS) is 11.0. The Balaban J connectivity index is 1.83. The zero-order valence-electron chi connectivity index (χ0n) is 12.2. The molecule has 0 saturated heterocycles. The molecule has 0 atom stereocenters. The number of nitrogens with one attached hydrogen (secondary N) is 1. The number of halogens is 1. The smallest absolute Gasteiger partial charge is 0.292 e. The first-order valence-electron chi connectivity index (χ1n) is 6.84. The van der Waals surface area contributed by atoms with Crippen molar-refractivity contribution in [3.05, 3.63) is 75.6 Å². The van der Waals surface area contributed by atoms with Crippen LogP contribution in [0, 0.1) is 6.92 Å². The van der Waals surface area contributed by atoms with Crippen LogP contribution in [0.1, 0.15) is 11.5 Å². The number of para-hydroxylation sites is 1. The van der Waals surface area contributed by atoms with Gasteiger partial charge in [0.2, 0.25) is 0 Å². The van der Waals surface area contributed by atoms with Crippen molar-refractivity contribution in [2.24, 2.45) is 5.10 Å². The van der Waals surface area contributed by atoms with Crippen molar-refractivity contribution in [1.29, 1.82) is 0 Å². The topological polar surface area (TPSA) is 72.4 Å². The van der Waals surface area contributed by atoms with Gasteiger partial charge in [0.25, 0.3) is 5.56 Å². The van der Waals surface area contributed by atoms with Gasteiger partial charge < -0.3 is 4.42 Å². The molecule has 0 fully saturated rings. The van der Waals surface area contributed by atoms with Crippen LogP contribution in [0.2, 0.25) is 5.02 Å². The van der Waals surface area contributed by atoms with Crippen LogP contribution in [0.5, 0.6) is 0 Å². The molecule has 2 aromatic heterocycles. The van der Waals surface area contributed by atoms with Gasteiger partial charge in [0.15, 0.2) is 0 Å². The van der Waals surface area contributed by atoms with E-state index in [4.69, 9.17) is 16.0 Å². The minimum absolute atomic E-state index is 0.0108. The van der Waals surface area contributed by atoms with Gasteiger partial charge in [-0.1, -0.05) is 29.8 Å². The highest BCUT2D eigenvalue weighted by Gasteiger charge is 2.09. The summed E-state index contributed by atoms with van der Waals surface area (Å²) >= 11 is 6.10. The van der Waals surface area contributed by atoms with Crippen LogP contribution in [0.4, 0.5) is 5.69 Å². The summed E-state index contributed by atoms with van der Waals surface area (Å²) in [5.74, 6) is 1.38. The maximum absolute atomic E-state index is 12.3. The van der Waals surface area contributed by atoms with E-state index in [9.17, 15) is 4.79 Å². The lowest BCUT2D eigenvalue weighted by Crippen LogP contribution is -2.22. The predicted octanol–water partition coefficient (Wildman–Crippen LogP) is 3.23. The monoisotopic (exact) mass is 328 g/mol. The Morgan fingerprint density at radius 1 is 1.26 bits per heavy atom. The number of aryl methyl sites for hydroxylation is 1. The number of nitrogens with zero attached hydrogens (tertiary/aromatic N) is 3. The summed E-state index contributed by atoms with van der Waals surface area (Å²) in [7, 11) is 0. The molecule has 7 heteroatoms. The minimum Gasteiger partial charge on any atom is -0.460 e. The van der Waals surface area contributed by atoms with Crippen LogP contribution >= 0.6 is 11.6 Å². The molecule has 6 nitrogen and oxygen atoms in total. The van der Waals surface area contributed by atoms with Crippen LogP contribution in [0.15, 0.2) is 63.0 Å². The second kappa shape index (κ2) is 6.50. The summed E-state index contributed by atoms with van der Waals surface area (Å²) in [6.07, 6.45) is 2.94. The molecule has 0 saturated carbocycles. The largest absolute Gasteiger partial charge is 0.460 e. The molecule has 0 aliphatic heterocycles. The zero-order chi connectivity index (χ0) is 16.2. The number of anilines is 1. The van der Waals surface area contributed by atoms with Crippen molar-refractivity contribution < 1.29 is 4.42 Å². The lowest BCUT2D eigenvalue weighted by molar-refractivity contribution is 0.528. The fraction of sp³-hybridized carbons (Fsp3) is 0.0625. The Hall–Kier alpha value is -2.86. The third-order valence-electron chi connectivity index (χ3n) is 3.06. The number of hydrogen-bond donors (Lipinski definition) is 1. The van der Waals surface area contributed by atoms with E-state index in [1.165, 1.54) is 17.1 Å². The van der Waals surface area contributed by atoms with E-state index in [0.29, 0.717) is 17.1 Å². The molecule has 0 unspecified atom stereocenters. The molecule has 116 valence electrons. The Morgan fingerprint density at radius 2 is 2.04 bits per heavy atom. The van der Waals surface area contributed by atoms with Crippen molar-refractivity contribution >= 4 is 23.5 Å². The second-order valence-corrected chi connectivity index (χ2v) is 5.12. The molecule has 3 aromatic rings. The van der Waals surface area contributed by atoms with Crippen molar-refractivity contribution in [3.63, 3.8) is 0 Å². The van der Waals surface area contributed by atoms with E-state index in [2.05, 4.69) is 15.6 Å². The van der Waals surface area contributed by atoms with Gasteiger partial charge in [0, 0.05) is 0 Å². The van der Waals surface area contributed by atoms with Crippen LogP contribution in [0.3, 0.4) is 0 Å². The number of hydrogen-bond acceptors (Lipinski definition) is 5. The molecule has 2 heterocycles. The molecule has 0 radical (unpaired) electrons. The van der Waals surface area contributed by atoms with Gasteiger partial charge in [-0.25, -0.2) is 0 Å². The summed E-state index contributed by atoms with van der Waals surface area (Å²) in [5.41, 5.74) is 3.23. The molecule has 0 amide bonds. The number of aromatic nitrogens is 2. The average Bonchev–Trinajstić information content (AvgIpc) is 2.98. The van der Waals surface area contributed by atoms with Gasteiger partial charge in [-0.15, -0.1) is 0 Å². The van der Waals surface area contributed by atoms with Gasteiger partial charge in [-0.2, -0.15) is 14.9 Å². The molecule has 0 aliphatic rings. The lowest BCUT2D eigenvalue weighted by Gasteiger charge is -2.07. The van der Waals surface area contributed by atoms with Crippen molar-refractivity contribution in [1.82, 2.24) is 9.78 Å². The first kappa shape index (κ1) is 15.1. The first-order chi connectivity index (χ1) is 11.1. The zero-order valence-corrected chi connectivity index (χ0v) is 13.0. The van der Waals surface area contributed by atoms with Crippen LogP contribution in [-0.4, -0.2) is 16.0 Å². The molecule has 0 aliphatic carbocycles. The van der Waals surface area contributed by atoms with Gasteiger partial charge in [-0.05, 0) is 31.2 Å². The highest BCUT2D eigenvalue weighted by Crippen LogP contribution is 2.16. The quantitative estimate of drug-likeness (QED) is 0.589. The first-order valence-corrected chi connectivity index (χ1v) is 7.22. The van der Waals surface area contributed by atoms with E-state index in [-0.39, 0.29) is 5.02 Å². The number of rotatable bonds is 4. The van der Waals surface area contributed by atoms with Crippen LogP contribution < -0.4 is 11.0 Å². The van der Waals surface area contributed by atoms with E-state index in [1.807, 2.05) is 31.2 Å². The highest BCUT2D eigenvalue weighted by molar-refractivity contribution is 6.32. The molecule has 1 aromatic carbocycles. The molecule has 1 N–H and O–H groups in total. The SMILES string of the molecule is Cc1ccc(/C=N/Nc2cnn(-c3ccccc3)c(=O)c2Cl)o1. The minimum atomic E-state index is -0.424. The van der Waals surface area contributed by atoms with Gasteiger partial charge >= 0.3 is 0 Å². The Bertz CT molecular complexity index is 900. The standard InChI is InChI=1S/C16H13ClN4O2/c1-11-7-8-13(23-11)9-18-20-14-10-19-21(16(22)15(14)17)12-5-3-2-4-6-12/h2-10,20H,1H3/b18-9+. The number of benzene rings is 1. The molecular weight excluding hydrogens is 316 g/mol. The lowest BCUT2D eigenvalue weighted by atomic mass is 10.3. The van der Waals surface area contributed by atoms with Crippen LogP contribution in [-0.2, 0) is 0 Å². The fourth-order valence-electron chi connectivity index (χ4n) is 1.95. The second-order valence-electron chi connectivity index (χ2n) is 4.74. The molecule has 3 rings (SSSR count). The van der Waals surface area contributed by atoms with Gasteiger partial charge in [0.1, 0.15) is 22.2 Å². The average molecular weight is 329 g/mol. The molecule has 0 bridgehead atoms. The summed E-state index contributed by atoms with van der Waals surface area (Å²) in [6, 6.07) is 12.7. The third kappa shape index (κ3) is 3.32. The summed E-state index contributed by atoms with van der Waals surface area (Å²) in [4.78, 5) is 12.3. The maximum Gasteiger partial charge on any atom is 0.292 e. The molecular formula is C16H13ClN4O2. The van der Waals surface area contributed by atoms with Crippen LogP contribution in [0.25, 0.3) is 5.69 Å². The number of hydrazone groups is 1. The Labute approximate surface area is 137 Å². The predicted molar refractivity (Wildman–Crippen MR) is 89.5 cm³/mol. The number of furan rings is 1. The van der Waals surface area contributed by atoms with Crippen molar-refractivity contribution in [3.8, 4) is 5.69 Å². The third-order valence-corrected chi connectivity index (χ3v) is 3.42. The summed E-state index contributed by atoms with van der Waals surface area (Å²) in [5, 5.41) is 8.10. The van der Waals surface area contributed by atoms with Gasteiger partial charge in [-0.3, -0.25) is 10.2 Å². The van der Waals surface area contributed by atoms with E-state index < -0.39 is 5.56 Å². The molecule has 23 heavy (non-hydrogen) atoms. The van der Waals surface area contributed by atoms with E-state index in [0.717, 1.165) is 5.76 Å².